The molecule has 1 amide bonds. The Bertz CT molecular complexity index is 746. The number of nitrogens with zero attached hydrogens (tertiary/aromatic N) is 1. The Kier molecular flexibility index (Phi) is 5.21. The summed E-state index contributed by atoms with van der Waals surface area (Å²) in [5.74, 6) is -3.33. The molecule has 0 saturated heterocycles. The third-order valence-corrected chi connectivity index (χ3v) is 3.41. The Morgan fingerprint density at radius 3 is 2.26 bits per heavy atom. The number of amides is 1. The van der Waals surface area contributed by atoms with Gasteiger partial charge in [0.05, 0.1) is 6.07 Å². The molecule has 0 radical (unpaired) electrons. The molecule has 0 bridgehead atoms. The second-order valence-corrected chi connectivity index (χ2v) is 4.97. The highest BCUT2D eigenvalue weighted by atomic mass is 19.1. The van der Waals surface area contributed by atoms with Gasteiger partial charge in [-0.25, -0.2) is 4.39 Å². The first-order valence-electron chi connectivity index (χ1n) is 7.14. The van der Waals surface area contributed by atoms with Crippen LogP contribution in [0.25, 0.3) is 0 Å². The van der Waals surface area contributed by atoms with Crippen molar-refractivity contribution in [3.8, 4) is 6.07 Å². The van der Waals surface area contributed by atoms with Gasteiger partial charge in [0.15, 0.2) is 11.7 Å². The fourth-order valence-electron chi connectivity index (χ4n) is 2.06. The molecule has 0 saturated carbocycles. The Hall–Kier alpha value is -3.00. The molecule has 0 aliphatic carbocycles. The smallest absolute Gasteiger partial charge is 0.249 e. The van der Waals surface area contributed by atoms with E-state index in [-0.39, 0.29) is 5.56 Å². The van der Waals surface area contributed by atoms with Crippen molar-refractivity contribution in [2.45, 2.75) is 13.3 Å². The van der Waals surface area contributed by atoms with Crippen molar-refractivity contribution in [2.75, 3.05) is 5.32 Å². The van der Waals surface area contributed by atoms with E-state index in [2.05, 4.69) is 5.32 Å². The summed E-state index contributed by atoms with van der Waals surface area (Å²) in [4.78, 5) is 24.4. The SMILES string of the molecule is CCc1ccc(NC(=O)C(C#N)C(=O)c2ccc(F)cc2)cc1. The van der Waals surface area contributed by atoms with E-state index >= 15 is 0 Å². The van der Waals surface area contributed by atoms with Crippen LogP contribution in [0.3, 0.4) is 0 Å². The first-order valence-corrected chi connectivity index (χ1v) is 7.14. The van der Waals surface area contributed by atoms with Crippen molar-refractivity contribution in [3.63, 3.8) is 0 Å². The number of anilines is 1. The van der Waals surface area contributed by atoms with Crippen molar-refractivity contribution in [1.29, 1.82) is 5.26 Å². The highest BCUT2D eigenvalue weighted by Crippen LogP contribution is 2.14. The lowest BCUT2D eigenvalue weighted by Gasteiger charge is -2.10. The fourth-order valence-corrected chi connectivity index (χ4v) is 2.06. The molecular weight excluding hydrogens is 295 g/mol. The largest absolute Gasteiger partial charge is 0.325 e. The third kappa shape index (κ3) is 4.01. The van der Waals surface area contributed by atoms with Crippen LogP contribution in [0.4, 0.5) is 10.1 Å². The molecular formula is C18H15FN2O2. The second kappa shape index (κ2) is 7.32. The number of ketones is 1. The number of hydrogen-bond donors (Lipinski definition) is 1. The molecule has 2 aromatic carbocycles. The molecule has 2 rings (SSSR count). The van der Waals surface area contributed by atoms with Crippen molar-refractivity contribution in [3.05, 3.63) is 65.5 Å². The lowest BCUT2D eigenvalue weighted by Crippen LogP contribution is -2.28. The molecule has 0 aliphatic heterocycles. The first kappa shape index (κ1) is 16.4. The van der Waals surface area contributed by atoms with E-state index in [1.807, 2.05) is 19.1 Å². The van der Waals surface area contributed by atoms with Gasteiger partial charge >= 0.3 is 0 Å². The average molecular weight is 310 g/mol. The van der Waals surface area contributed by atoms with E-state index in [9.17, 15) is 14.0 Å². The van der Waals surface area contributed by atoms with Gasteiger partial charge < -0.3 is 5.32 Å². The van der Waals surface area contributed by atoms with Crippen molar-refractivity contribution < 1.29 is 14.0 Å². The Morgan fingerprint density at radius 2 is 1.74 bits per heavy atom. The fraction of sp³-hybridized carbons (Fsp3) is 0.167. The standard InChI is InChI=1S/C18H15FN2O2/c1-2-12-3-9-15(10-4-12)21-18(23)16(11-20)17(22)13-5-7-14(19)8-6-13/h3-10,16H,2H2,1H3,(H,21,23). The van der Waals surface area contributed by atoms with Crippen LogP contribution in [0.2, 0.25) is 0 Å². The minimum Gasteiger partial charge on any atom is -0.325 e. The van der Waals surface area contributed by atoms with E-state index < -0.39 is 23.4 Å². The zero-order chi connectivity index (χ0) is 16.8. The summed E-state index contributed by atoms with van der Waals surface area (Å²) in [5.41, 5.74) is 1.75. The molecule has 1 atom stereocenters. The summed E-state index contributed by atoms with van der Waals surface area (Å²) in [6, 6.07) is 13.6. The van der Waals surface area contributed by atoms with E-state index in [0.717, 1.165) is 24.1 Å². The van der Waals surface area contributed by atoms with Gasteiger partial charge in [-0.3, -0.25) is 9.59 Å². The van der Waals surface area contributed by atoms with Crippen LogP contribution in [0.5, 0.6) is 0 Å². The van der Waals surface area contributed by atoms with Gasteiger partial charge in [0, 0.05) is 11.3 Å². The molecule has 2 aromatic rings. The lowest BCUT2D eigenvalue weighted by atomic mass is 9.98. The zero-order valence-corrected chi connectivity index (χ0v) is 12.5. The molecule has 0 aliphatic rings. The number of aryl methyl sites for hydroxylation is 1. The van der Waals surface area contributed by atoms with Crippen LogP contribution in [0.15, 0.2) is 48.5 Å². The molecule has 0 aromatic heterocycles. The second-order valence-electron chi connectivity index (χ2n) is 4.97. The topological polar surface area (TPSA) is 70.0 Å². The van der Waals surface area contributed by atoms with E-state index in [0.29, 0.717) is 5.69 Å². The van der Waals surface area contributed by atoms with Crippen LogP contribution in [0.1, 0.15) is 22.8 Å². The van der Waals surface area contributed by atoms with Crippen molar-refractivity contribution in [1.82, 2.24) is 0 Å². The Balaban J connectivity index is 2.13. The summed E-state index contributed by atoms with van der Waals surface area (Å²) < 4.78 is 12.9. The Labute approximate surface area is 133 Å². The van der Waals surface area contributed by atoms with Crippen molar-refractivity contribution >= 4 is 17.4 Å². The highest BCUT2D eigenvalue weighted by molar-refractivity contribution is 6.15. The Morgan fingerprint density at radius 1 is 1.13 bits per heavy atom. The van der Waals surface area contributed by atoms with E-state index in [1.165, 1.54) is 12.1 Å². The number of halogens is 1. The summed E-state index contributed by atoms with van der Waals surface area (Å²) in [6.45, 7) is 2.01. The van der Waals surface area contributed by atoms with E-state index in [1.54, 1.807) is 18.2 Å². The van der Waals surface area contributed by atoms with Crippen LogP contribution >= 0.6 is 0 Å². The molecule has 0 spiro atoms. The molecule has 5 heteroatoms. The molecule has 1 N–H and O–H groups in total. The van der Waals surface area contributed by atoms with Gasteiger partial charge in [0.2, 0.25) is 5.91 Å². The number of nitrogens with one attached hydrogen (secondary N) is 1. The number of carbonyl (C=O) groups is 2. The van der Waals surface area contributed by atoms with Gasteiger partial charge in [0.1, 0.15) is 5.82 Å². The average Bonchev–Trinajstić information content (AvgIpc) is 2.56. The molecule has 4 nitrogen and oxygen atoms in total. The summed E-state index contributed by atoms with van der Waals surface area (Å²) in [7, 11) is 0. The van der Waals surface area contributed by atoms with Gasteiger partial charge in [-0.05, 0) is 48.4 Å². The molecule has 116 valence electrons. The number of hydrogen-bond acceptors (Lipinski definition) is 3. The predicted molar refractivity (Wildman–Crippen MR) is 84.3 cm³/mol. The van der Waals surface area contributed by atoms with Gasteiger partial charge in [-0.1, -0.05) is 19.1 Å². The number of nitriles is 1. The monoisotopic (exact) mass is 310 g/mol. The van der Waals surface area contributed by atoms with Gasteiger partial charge in [-0.15, -0.1) is 0 Å². The van der Waals surface area contributed by atoms with Crippen LogP contribution < -0.4 is 5.32 Å². The van der Waals surface area contributed by atoms with E-state index in [4.69, 9.17) is 5.26 Å². The maximum Gasteiger partial charge on any atom is 0.249 e. The summed E-state index contributed by atoms with van der Waals surface area (Å²) >= 11 is 0. The summed E-state index contributed by atoms with van der Waals surface area (Å²) in [5, 5.41) is 11.7. The van der Waals surface area contributed by atoms with Crippen LogP contribution in [-0.2, 0) is 11.2 Å². The van der Waals surface area contributed by atoms with Crippen molar-refractivity contribution in [2.24, 2.45) is 5.92 Å². The number of benzene rings is 2. The third-order valence-electron chi connectivity index (χ3n) is 3.41. The number of rotatable bonds is 5. The quantitative estimate of drug-likeness (QED) is 0.680. The molecule has 0 fully saturated rings. The normalized spacial score (nSPS) is 11.3. The molecule has 23 heavy (non-hydrogen) atoms. The molecule has 1 unspecified atom stereocenters. The lowest BCUT2D eigenvalue weighted by molar-refractivity contribution is -0.117. The zero-order valence-electron chi connectivity index (χ0n) is 12.5. The van der Waals surface area contributed by atoms with Crippen LogP contribution in [0, 0.1) is 23.1 Å². The summed E-state index contributed by atoms with van der Waals surface area (Å²) in [6.07, 6.45) is 0.873. The maximum atomic E-state index is 12.9. The van der Waals surface area contributed by atoms with Gasteiger partial charge in [-0.2, -0.15) is 5.26 Å². The first-order chi connectivity index (χ1) is 11.0. The van der Waals surface area contributed by atoms with Crippen LogP contribution in [-0.4, -0.2) is 11.7 Å². The number of carbonyl (C=O) groups excluding carboxylic acids is 2. The molecule has 0 heterocycles. The minimum absolute atomic E-state index is 0.120. The minimum atomic E-state index is -1.48. The highest BCUT2D eigenvalue weighted by Gasteiger charge is 2.27. The maximum absolute atomic E-state index is 12.9. The number of Topliss-reactive ketones (excluding diaryl/α,β-unsaturated/α-hetero) is 1. The predicted octanol–water partition coefficient (Wildman–Crippen LogP) is 3.35. The van der Waals surface area contributed by atoms with Gasteiger partial charge in [0.25, 0.3) is 0 Å².